The molecule has 0 radical (unpaired) electrons. The molecule has 70 valence electrons. The van der Waals surface area contributed by atoms with Crippen LogP contribution in [0.3, 0.4) is 0 Å². The molecule has 1 aliphatic rings. The zero-order chi connectivity index (χ0) is 9.10. The molecule has 0 amide bonds. The predicted molar refractivity (Wildman–Crippen MR) is 54.0 cm³/mol. The third-order valence-corrected chi connectivity index (χ3v) is 2.83. The van der Waals surface area contributed by atoms with Crippen molar-refractivity contribution in [1.82, 2.24) is 10.3 Å². The molecule has 3 heteroatoms. The molecule has 1 atom stereocenters. The standard InChI is InChI=1S/C10H13ClN2/c11-10-7-12-5-3-8(10)6-9-2-1-4-13-9/h3,5,7,9,13H,1-2,4,6H2. The van der Waals surface area contributed by atoms with E-state index >= 15 is 0 Å². The van der Waals surface area contributed by atoms with Crippen molar-refractivity contribution in [3.8, 4) is 0 Å². The Hall–Kier alpha value is -0.600. The average Bonchev–Trinajstić information content (AvgIpc) is 2.61. The molecule has 1 aliphatic heterocycles. The first kappa shape index (κ1) is 8.97. The summed E-state index contributed by atoms with van der Waals surface area (Å²) in [6, 6.07) is 2.61. The Morgan fingerprint density at radius 2 is 2.54 bits per heavy atom. The minimum atomic E-state index is 0.611. The zero-order valence-electron chi connectivity index (χ0n) is 7.46. The van der Waals surface area contributed by atoms with Gasteiger partial charge in [-0.15, -0.1) is 0 Å². The van der Waals surface area contributed by atoms with Crippen LogP contribution in [0.25, 0.3) is 0 Å². The Morgan fingerprint density at radius 3 is 3.23 bits per heavy atom. The SMILES string of the molecule is Clc1cnccc1CC1CCCN1. The van der Waals surface area contributed by atoms with Crippen LogP contribution in [0.2, 0.25) is 5.02 Å². The number of hydrogen-bond acceptors (Lipinski definition) is 2. The fourth-order valence-electron chi connectivity index (χ4n) is 1.77. The van der Waals surface area contributed by atoms with Gasteiger partial charge >= 0.3 is 0 Å². The summed E-state index contributed by atoms with van der Waals surface area (Å²) in [7, 11) is 0. The van der Waals surface area contributed by atoms with Crippen LogP contribution in [-0.4, -0.2) is 17.6 Å². The molecule has 1 unspecified atom stereocenters. The second-order valence-corrected chi connectivity index (χ2v) is 3.87. The van der Waals surface area contributed by atoms with Gasteiger partial charge in [0.1, 0.15) is 0 Å². The van der Waals surface area contributed by atoms with Crippen LogP contribution in [0.15, 0.2) is 18.5 Å². The van der Waals surface area contributed by atoms with Gasteiger partial charge in [-0.2, -0.15) is 0 Å². The maximum Gasteiger partial charge on any atom is 0.0621 e. The molecule has 1 aromatic heterocycles. The molecule has 0 bridgehead atoms. The number of aromatic nitrogens is 1. The summed E-state index contributed by atoms with van der Waals surface area (Å²) in [5, 5.41) is 4.24. The quantitative estimate of drug-likeness (QED) is 0.783. The number of nitrogens with zero attached hydrogens (tertiary/aromatic N) is 1. The third-order valence-electron chi connectivity index (χ3n) is 2.49. The summed E-state index contributed by atoms with van der Waals surface area (Å²) in [5.74, 6) is 0. The molecular formula is C10H13ClN2. The van der Waals surface area contributed by atoms with Crippen LogP contribution in [0, 0.1) is 0 Å². The van der Waals surface area contributed by atoms with Crippen molar-refractivity contribution in [2.24, 2.45) is 0 Å². The smallest absolute Gasteiger partial charge is 0.0621 e. The van der Waals surface area contributed by atoms with Gasteiger partial charge in [0.15, 0.2) is 0 Å². The fourth-order valence-corrected chi connectivity index (χ4v) is 1.96. The van der Waals surface area contributed by atoms with E-state index in [2.05, 4.69) is 10.3 Å². The molecule has 2 rings (SSSR count). The van der Waals surface area contributed by atoms with Crippen LogP contribution < -0.4 is 5.32 Å². The normalized spacial score (nSPS) is 22.1. The van der Waals surface area contributed by atoms with Gasteiger partial charge in [-0.1, -0.05) is 11.6 Å². The van der Waals surface area contributed by atoms with Crippen molar-refractivity contribution in [3.63, 3.8) is 0 Å². The van der Waals surface area contributed by atoms with Gasteiger partial charge in [-0.3, -0.25) is 4.98 Å². The fraction of sp³-hybridized carbons (Fsp3) is 0.500. The van der Waals surface area contributed by atoms with Gasteiger partial charge in [-0.05, 0) is 37.4 Å². The Bertz CT molecular complexity index is 282. The summed E-state index contributed by atoms with van der Waals surface area (Å²) < 4.78 is 0. The maximum atomic E-state index is 6.01. The van der Waals surface area contributed by atoms with E-state index in [0.29, 0.717) is 6.04 Å². The molecule has 1 N–H and O–H groups in total. The summed E-state index contributed by atoms with van der Waals surface area (Å²) >= 11 is 6.01. The van der Waals surface area contributed by atoms with Crippen molar-refractivity contribution < 1.29 is 0 Å². The van der Waals surface area contributed by atoms with E-state index in [-0.39, 0.29) is 0 Å². The van der Waals surface area contributed by atoms with Crippen LogP contribution in [-0.2, 0) is 6.42 Å². The van der Waals surface area contributed by atoms with Crippen molar-refractivity contribution in [3.05, 3.63) is 29.0 Å². The predicted octanol–water partition coefficient (Wildman–Crippen LogP) is 2.03. The lowest BCUT2D eigenvalue weighted by molar-refractivity contribution is 0.603. The third kappa shape index (κ3) is 2.20. The Balaban J connectivity index is 2.04. The van der Waals surface area contributed by atoms with E-state index in [4.69, 9.17) is 11.6 Å². The molecule has 0 spiro atoms. The van der Waals surface area contributed by atoms with E-state index in [1.165, 1.54) is 18.4 Å². The van der Waals surface area contributed by atoms with Crippen molar-refractivity contribution in [1.29, 1.82) is 0 Å². The molecule has 2 nitrogen and oxygen atoms in total. The lowest BCUT2D eigenvalue weighted by Crippen LogP contribution is -2.23. The summed E-state index contributed by atoms with van der Waals surface area (Å²) in [4.78, 5) is 3.97. The van der Waals surface area contributed by atoms with Crippen LogP contribution in [0.4, 0.5) is 0 Å². The largest absolute Gasteiger partial charge is 0.314 e. The number of rotatable bonds is 2. The number of halogens is 1. The molecule has 0 aliphatic carbocycles. The van der Waals surface area contributed by atoms with Gasteiger partial charge in [0.2, 0.25) is 0 Å². The number of hydrogen-bond donors (Lipinski definition) is 1. The van der Waals surface area contributed by atoms with Crippen LogP contribution >= 0.6 is 11.6 Å². The number of pyridine rings is 1. The highest BCUT2D eigenvalue weighted by Gasteiger charge is 2.15. The minimum Gasteiger partial charge on any atom is -0.314 e. The molecule has 0 saturated carbocycles. The average molecular weight is 197 g/mol. The van der Waals surface area contributed by atoms with E-state index in [9.17, 15) is 0 Å². The van der Waals surface area contributed by atoms with Crippen molar-refractivity contribution in [2.75, 3.05) is 6.54 Å². The molecule has 1 fully saturated rings. The molecule has 2 heterocycles. The van der Waals surface area contributed by atoms with Gasteiger partial charge in [0, 0.05) is 18.4 Å². The highest BCUT2D eigenvalue weighted by Crippen LogP contribution is 2.18. The van der Waals surface area contributed by atoms with E-state index in [1.807, 2.05) is 6.07 Å². The topological polar surface area (TPSA) is 24.9 Å². The Labute approximate surface area is 83.3 Å². The highest BCUT2D eigenvalue weighted by molar-refractivity contribution is 6.31. The molecular weight excluding hydrogens is 184 g/mol. The van der Waals surface area contributed by atoms with Crippen LogP contribution in [0.5, 0.6) is 0 Å². The first-order chi connectivity index (χ1) is 6.36. The van der Waals surface area contributed by atoms with Crippen molar-refractivity contribution >= 4 is 11.6 Å². The van der Waals surface area contributed by atoms with Gasteiger partial charge in [0.05, 0.1) is 5.02 Å². The van der Waals surface area contributed by atoms with Crippen molar-refractivity contribution in [2.45, 2.75) is 25.3 Å². The van der Waals surface area contributed by atoms with Crippen LogP contribution in [0.1, 0.15) is 18.4 Å². The molecule has 1 aromatic rings. The second-order valence-electron chi connectivity index (χ2n) is 3.46. The van der Waals surface area contributed by atoms with Gasteiger partial charge in [-0.25, -0.2) is 0 Å². The lowest BCUT2D eigenvalue weighted by Gasteiger charge is -2.10. The first-order valence-corrected chi connectivity index (χ1v) is 5.06. The van der Waals surface area contributed by atoms with Gasteiger partial charge in [0.25, 0.3) is 0 Å². The molecule has 0 aromatic carbocycles. The summed E-state index contributed by atoms with van der Waals surface area (Å²) in [6.45, 7) is 1.15. The Morgan fingerprint density at radius 1 is 1.62 bits per heavy atom. The summed E-state index contributed by atoms with van der Waals surface area (Å²) in [5.41, 5.74) is 1.20. The maximum absolute atomic E-state index is 6.01. The van der Waals surface area contributed by atoms with E-state index < -0.39 is 0 Å². The Kier molecular flexibility index (Phi) is 2.81. The monoisotopic (exact) mass is 196 g/mol. The van der Waals surface area contributed by atoms with E-state index in [1.54, 1.807) is 12.4 Å². The second kappa shape index (κ2) is 4.07. The first-order valence-electron chi connectivity index (χ1n) is 4.68. The number of nitrogens with one attached hydrogen (secondary N) is 1. The highest BCUT2D eigenvalue weighted by atomic mass is 35.5. The zero-order valence-corrected chi connectivity index (χ0v) is 8.22. The molecule has 13 heavy (non-hydrogen) atoms. The lowest BCUT2D eigenvalue weighted by atomic mass is 10.1. The summed E-state index contributed by atoms with van der Waals surface area (Å²) in [6.07, 6.45) is 7.09. The van der Waals surface area contributed by atoms with E-state index in [0.717, 1.165) is 18.0 Å². The molecule has 1 saturated heterocycles. The van der Waals surface area contributed by atoms with Gasteiger partial charge < -0.3 is 5.32 Å². The minimum absolute atomic E-state index is 0.611.